The first-order valence-electron chi connectivity index (χ1n) is 3.01. The number of halogens is 3. The Morgan fingerprint density at radius 2 is 1.73 bits per heavy atom. The SMILES string of the molecule is Cc1nc(Cl)c(Br)c(C)c1Br. The molecule has 11 heavy (non-hydrogen) atoms. The van der Waals surface area contributed by atoms with Crippen molar-refractivity contribution in [2.24, 2.45) is 0 Å². The molecule has 0 saturated heterocycles. The first kappa shape index (κ1) is 9.49. The number of aryl methyl sites for hydroxylation is 1. The van der Waals surface area contributed by atoms with Gasteiger partial charge in [0.25, 0.3) is 0 Å². The van der Waals surface area contributed by atoms with Gasteiger partial charge in [0.1, 0.15) is 5.15 Å². The quantitative estimate of drug-likeness (QED) is 0.663. The van der Waals surface area contributed by atoms with E-state index in [-0.39, 0.29) is 0 Å². The topological polar surface area (TPSA) is 12.9 Å². The maximum atomic E-state index is 5.81. The van der Waals surface area contributed by atoms with E-state index < -0.39 is 0 Å². The molecule has 4 heteroatoms. The van der Waals surface area contributed by atoms with Crippen molar-refractivity contribution in [1.82, 2.24) is 4.98 Å². The maximum absolute atomic E-state index is 5.81. The van der Waals surface area contributed by atoms with E-state index in [4.69, 9.17) is 11.6 Å². The van der Waals surface area contributed by atoms with Crippen LogP contribution in [0.3, 0.4) is 0 Å². The van der Waals surface area contributed by atoms with Crippen molar-refractivity contribution in [1.29, 1.82) is 0 Å². The molecule has 1 aromatic heterocycles. The molecule has 0 aliphatic rings. The molecule has 0 amide bonds. The summed E-state index contributed by atoms with van der Waals surface area (Å²) in [5.74, 6) is 0. The highest BCUT2D eigenvalue weighted by Crippen LogP contribution is 2.31. The first-order chi connectivity index (χ1) is 5.04. The summed E-state index contributed by atoms with van der Waals surface area (Å²) in [4.78, 5) is 4.11. The molecule has 0 bridgehead atoms. The number of pyridine rings is 1. The molecule has 60 valence electrons. The van der Waals surface area contributed by atoms with Gasteiger partial charge in [-0.1, -0.05) is 11.6 Å². The monoisotopic (exact) mass is 297 g/mol. The van der Waals surface area contributed by atoms with Crippen molar-refractivity contribution in [2.75, 3.05) is 0 Å². The first-order valence-corrected chi connectivity index (χ1v) is 4.98. The molecule has 0 radical (unpaired) electrons. The maximum Gasteiger partial charge on any atom is 0.143 e. The van der Waals surface area contributed by atoms with Crippen LogP contribution in [-0.4, -0.2) is 4.98 Å². The van der Waals surface area contributed by atoms with Crippen LogP contribution in [0.2, 0.25) is 5.15 Å². The standard InChI is InChI=1S/C7H6Br2ClN/c1-3-5(8)4(2)11-7(10)6(3)9/h1-2H3. The van der Waals surface area contributed by atoms with E-state index in [1.807, 2.05) is 13.8 Å². The van der Waals surface area contributed by atoms with Crippen LogP contribution in [0, 0.1) is 13.8 Å². The number of aromatic nitrogens is 1. The summed E-state index contributed by atoms with van der Waals surface area (Å²) < 4.78 is 1.87. The molecule has 0 aromatic carbocycles. The molecular formula is C7H6Br2ClN. The van der Waals surface area contributed by atoms with Crippen LogP contribution in [0.5, 0.6) is 0 Å². The van der Waals surface area contributed by atoms with Gasteiger partial charge in [0.05, 0.1) is 10.2 Å². The lowest BCUT2D eigenvalue weighted by atomic mass is 10.2. The third kappa shape index (κ3) is 1.76. The third-order valence-corrected chi connectivity index (χ3v) is 4.06. The second kappa shape index (κ2) is 3.42. The Balaban J connectivity index is 3.46. The normalized spacial score (nSPS) is 10.3. The second-order valence-electron chi connectivity index (χ2n) is 2.24. The molecule has 0 fully saturated rings. The van der Waals surface area contributed by atoms with Gasteiger partial charge in [-0.2, -0.15) is 0 Å². The van der Waals surface area contributed by atoms with Crippen LogP contribution < -0.4 is 0 Å². The zero-order chi connectivity index (χ0) is 8.59. The molecular weight excluding hydrogens is 293 g/mol. The van der Waals surface area contributed by atoms with Crippen molar-refractivity contribution in [2.45, 2.75) is 13.8 Å². The molecule has 0 aliphatic heterocycles. The molecule has 1 nitrogen and oxygen atoms in total. The molecule has 0 unspecified atom stereocenters. The van der Waals surface area contributed by atoms with E-state index in [0.29, 0.717) is 5.15 Å². The number of hydrogen-bond donors (Lipinski definition) is 0. The van der Waals surface area contributed by atoms with Gasteiger partial charge in [-0.25, -0.2) is 4.98 Å². The summed E-state index contributed by atoms with van der Waals surface area (Å²) in [7, 11) is 0. The van der Waals surface area contributed by atoms with Gasteiger partial charge in [-0.05, 0) is 51.3 Å². The number of hydrogen-bond acceptors (Lipinski definition) is 1. The Bertz CT molecular complexity index is 273. The van der Waals surface area contributed by atoms with Crippen LogP contribution in [-0.2, 0) is 0 Å². The van der Waals surface area contributed by atoms with E-state index in [2.05, 4.69) is 36.8 Å². The van der Waals surface area contributed by atoms with E-state index in [9.17, 15) is 0 Å². The minimum Gasteiger partial charge on any atom is -0.239 e. The van der Waals surface area contributed by atoms with Gasteiger partial charge in [0, 0.05) is 4.47 Å². The van der Waals surface area contributed by atoms with E-state index in [1.54, 1.807) is 0 Å². The predicted octanol–water partition coefficient (Wildman–Crippen LogP) is 3.88. The van der Waals surface area contributed by atoms with Crippen molar-refractivity contribution in [3.8, 4) is 0 Å². The highest BCUT2D eigenvalue weighted by Gasteiger charge is 2.08. The average Bonchev–Trinajstić information content (AvgIpc) is 1.97. The van der Waals surface area contributed by atoms with Crippen molar-refractivity contribution in [3.63, 3.8) is 0 Å². The minimum atomic E-state index is 0.517. The molecule has 0 aliphatic carbocycles. The summed E-state index contributed by atoms with van der Waals surface area (Å²) in [5.41, 5.74) is 2.00. The number of rotatable bonds is 0. The number of nitrogens with zero attached hydrogens (tertiary/aromatic N) is 1. The Kier molecular flexibility index (Phi) is 2.95. The fraction of sp³-hybridized carbons (Fsp3) is 0.286. The summed E-state index contributed by atoms with van der Waals surface area (Å²) >= 11 is 12.6. The largest absolute Gasteiger partial charge is 0.239 e. The third-order valence-electron chi connectivity index (χ3n) is 1.42. The van der Waals surface area contributed by atoms with Gasteiger partial charge in [0.15, 0.2) is 0 Å². The Labute approximate surface area is 87.4 Å². The summed E-state index contributed by atoms with van der Waals surface area (Å²) in [6.07, 6.45) is 0. The Hall–Kier alpha value is 0.400. The van der Waals surface area contributed by atoms with Crippen LogP contribution in [0.15, 0.2) is 8.95 Å². The zero-order valence-electron chi connectivity index (χ0n) is 6.08. The predicted molar refractivity (Wildman–Crippen MR) is 54.1 cm³/mol. The molecule has 1 aromatic rings. The fourth-order valence-electron chi connectivity index (χ4n) is 0.768. The van der Waals surface area contributed by atoms with Crippen LogP contribution >= 0.6 is 43.5 Å². The minimum absolute atomic E-state index is 0.517. The smallest absolute Gasteiger partial charge is 0.143 e. The molecule has 1 heterocycles. The fourth-order valence-corrected chi connectivity index (χ4v) is 1.88. The van der Waals surface area contributed by atoms with Gasteiger partial charge < -0.3 is 0 Å². The molecule has 0 atom stereocenters. The van der Waals surface area contributed by atoms with E-state index in [0.717, 1.165) is 20.2 Å². The van der Waals surface area contributed by atoms with Crippen LogP contribution in [0.25, 0.3) is 0 Å². The van der Waals surface area contributed by atoms with Crippen LogP contribution in [0.1, 0.15) is 11.3 Å². The second-order valence-corrected chi connectivity index (χ2v) is 4.18. The van der Waals surface area contributed by atoms with E-state index >= 15 is 0 Å². The average molecular weight is 299 g/mol. The van der Waals surface area contributed by atoms with Crippen molar-refractivity contribution in [3.05, 3.63) is 25.4 Å². The summed E-state index contributed by atoms with van der Waals surface area (Å²) in [6, 6.07) is 0. The van der Waals surface area contributed by atoms with E-state index in [1.165, 1.54) is 0 Å². The molecule has 0 spiro atoms. The highest BCUT2D eigenvalue weighted by atomic mass is 79.9. The molecule has 1 rings (SSSR count). The molecule has 0 N–H and O–H groups in total. The summed E-state index contributed by atoms with van der Waals surface area (Å²) in [5, 5.41) is 0.517. The van der Waals surface area contributed by atoms with Gasteiger partial charge in [-0.15, -0.1) is 0 Å². The zero-order valence-corrected chi connectivity index (χ0v) is 10.0. The molecule has 0 saturated carbocycles. The van der Waals surface area contributed by atoms with Gasteiger partial charge in [0.2, 0.25) is 0 Å². The van der Waals surface area contributed by atoms with Crippen molar-refractivity contribution < 1.29 is 0 Å². The van der Waals surface area contributed by atoms with Gasteiger partial charge >= 0.3 is 0 Å². The van der Waals surface area contributed by atoms with Crippen molar-refractivity contribution >= 4 is 43.5 Å². The lowest BCUT2D eigenvalue weighted by Crippen LogP contribution is -1.89. The Morgan fingerprint density at radius 3 is 2.27 bits per heavy atom. The van der Waals surface area contributed by atoms with Gasteiger partial charge in [-0.3, -0.25) is 0 Å². The lowest BCUT2D eigenvalue weighted by Gasteiger charge is -2.05. The van der Waals surface area contributed by atoms with Crippen LogP contribution in [0.4, 0.5) is 0 Å². The highest BCUT2D eigenvalue weighted by molar-refractivity contribution is 9.11. The lowest BCUT2D eigenvalue weighted by molar-refractivity contribution is 1.14. The summed E-state index contributed by atoms with van der Waals surface area (Å²) in [6.45, 7) is 3.89. The Morgan fingerprint density at radius 1 is 1.18 bits per heavy atom.